The van der Waals surface area contributed by atoms with Gasteiger partial charge in [-0.1, -0.05) is 6.92 Å². The molecule has 6 nitrogen and oxygen atoms in total. The zero-order chi connectivity index (χ0) is 13.5. The molecule has 0 bridgehead atoms. The number of rotatable bonds is 8. The van der Waals surface area contributed by atoms with Crippen LogP contribution in [0.25, 0.3) is 0 Å². The SMILES string of the molecule is CC(CC(=O)O)CC(=O)NCCNC(=O)C1CC1. The number of carbonyl (C=O) groups is 3. The first-order valence-electron chi connectivity index (χ1n) is 6.25. The third kappa shape index (κ3) is 6.22. The van der Waals surface area contributed by atoms with Crippen LogP contribution in [0.4, 0.5) is 0 Å². The van der Waals surface area contributed by atoms with E-state index >= 15 is 0 Å². The fourth-order valence-corrected chi connectivity index (χ4v) is 1.64. The first-order valence-corrected chi connectivity index (χ1v) is 6.25. The van der Waals surface area contributed by atoms with E-state index in [1.54, 1.807) is 6.92 Å². The third-order valence-corrected chi connectivity index (χ3v) is 2.75. The van der Waals surface area contributed by atoms with Crippen molar-refractivity contribution in [2.45, 2.75) is 32.6 Å². The number of aliphatic carboxylic acids is 1. The second-order valence-electron chi connectivity index (χ2n) is 4.82. The molecule has 2 amide bonds. The van der Waals surface area contributed by atoms with Crippen molar-refractivity contribution in [2.24, 2.45) is 11.8 Å². The molecular weight excluding hydrogens is 236 g/mol. The molecule has 0 aromatic carbocycles. The van der Waals surface area contributed by atoms with Gasteiger partial charge in [0.15, 0.2) is 0 Å². The van der Waals surface area contributed by atoms with Crippen LogP contribution in [0.1, 0.15) is 32.6 Å². The minimum Gasteiger partial charge on any atom is -0.481 e. The Morgan fingerprint density at radius 1 is 1.17 bits per heavy atom. The van der Waals surface area contributed by atoms with Crippen molar-refractivity contribution in [1.82, 2.24) is 10.6 Å². The lowest BCUT2D eigenvalue weighted by molar-refractivity contribution is -0.138. The monoisotopic (exact) mass is 256 g/mol. The average Bonchev–Trinajstić information content (AvgIpc) is 3.06. The van der Waals surface area contributed by atoms with E-state index < -0.39 is 5.97 Å². The summed E-state index contributed by atoms with van der Waals surface area (Å²) in [6.07, 6.45) is 2.12. The number of carboxylic acid groups (broad SMARTS) is 1. The van der Waals surface area contributed by atoms with Gasteiger partial charge in [-0.05, 0) is 18.8 Å². The molecule has 6 heteroatoms. The second kappa shape index (κ2) is 6.98. The summed E-state index contributed by atoms with van der Waals surface area (Å²) >= 11 is 0. The van der Waals surface area contributed by atoms with Crippen LogP contribution < -0.4 is 10.6 Å². The molecule has 0 saturated heterocycles. The molecule has 0 spiro atoms. The molecule has 0 radical (unpaired) electrons. The summed E-state index contributed by atoms with van der Waals surface area (Å²) < 4.78 is 0. The van der Waals surface area contributed by atoms with Gasteiger partial charge in [0.25, 0.3) is 0 Å². The van der Waals surface area contributed by atoms with Crippen molar-refractivity contribution in [3.8, 4) is 0 Å². The summed E-state index contributed by atoms with van der Waals surface area (Å²) in [4.78, 5) is 33.1. The zero-order valence-electron chi connectivity index (χ0n) is 10.6. The Hall–Kier alpha value is -1.59. The average molecular weight is 256 g/mol. The van der Waals surface area contributed by atoms with Crippen molar-refractivity contribution in [2.75, 3.05) is 13.1 Å². The van der Waals surface area contributed by atoms with Crippen LogP contribution >= 0.6 is 0 Å². The van der Waals surface area contributed by atoms with E-state index in [0.29, 0.717) is 13.1 Å². The van der Waals surface area contributed by atoms with Crippen molar-refractivity contribution in [3.05, 3.63) is 0 Å². The standard InChI is InChI=1S/C12H20N2O4/c1-8(7-11(16)17)6-10(15)13-4-5-14-12(18)9-2-3-9/h8-9H,2-7H2,1H3,(H,13,15)(H,14,18)(H,16,17). The van der Waals surface area contributed by atoms with Crippen molar-refractivity contribution in [3.63, 3.8) is 0 Å². The summed E-state index contributed by atoms with van der Waals surface area (Å²) in [5, 5.41) is 13.9. The van der Waals surface area contributed by atoms with Crippen molar-refractivity contribution in [1.29, 1.82) is 0 Å². The molecule has 0 aromatic rings. The van der Waals surface area contributed by atoms with Crippen molar-refractivity contribution >= 4 is 17.8 Å². The minimum atomic E-state index is -0.896. The van der Waals surface area contributed by atoms with E-state index in [1.807, 2.05) is 0 Å². The lowest BCUT2D eigenvalue weighted by Gasteiger charge is -2.09. The topological polar surface area (TPSA) is 95.5 Å². The molecule has 1 saturated carbocycles. The van der Waals surface area contributed by atoms with Crippen LogP contribution in [0.15, 0.2) is 0 Å². The summed E-state index contributed by atoms with van der Waals surface area (Å²) in [5.41, 5.74) is 0. The number of nitrogens with one attached hydrogen (secondary N) is 2. The highest BCUT2D eigenvalue weighted by Gasteiger charge is 2.28. The molecule has 1 atom stereocenters. The van der Waals surface area contributed by atoms with Gasteiger partial charge in [0, 0.05) is 31.8 Å². The Morgan fingerprint density at radius 3 is 2.33 bits per heavy atom. The summed E-state index contributed by atoms with van der Waals surface area (Å²) in [6.45, 7) is 2.54. The quantitative estimate of drug-likeness (QED) is 0.538. The predicted molar refractivity (Wildman–Crippen MR) is 64.8 cm³/mol. The lowest BCUT2D eigenvalue weighted by Crippen LogP contribution is -2.35. The Balaban J connectivity index is 2.02. The first kappa shape index (κ1) is 14.5. The van der Waals surface area contributed by atoms with Gasteiger partial charge in [0.05, 0.1) is 0 Å². The highest BCUT2D eigenvalue weighted by Crippen LogP contribution is 2.28. The largest absolute Gasteiger partial charge is 0.481 e. The summed E-state index contributed by atoms with van der Waals surface area (Å²) in [7, 11) is 0. The molecule has 1 unspecified atom stereocenters. The number of amides is 2. The van der Waals surface area contributed by atoms with Crippen LogP contribution in [0.2, 0.25) is 0 Å². The summed E-state index contributed by atoms with van der Waals surface area (Å²) in [6, 6.07) is 0. The Labute approximate surface area is 106 Å². The van der Waals surface area contributed by atoms with Gasteiger partial charge in [-0.3, -0.25) is 14.4 Å². The molecule has 0 aromatic heterocycles. The molecule has 1 rings (SSSR count). The molecular formula is C12H20N2O4. The number of hydrogen-bond donors (Lipinski definition) is 3. The van der Waals surface area contributed by atoms with Crippen LogP contribution in [-0.2, 0) is 14.4 Å². The van der Waals surface area contributed by atoms with E-state index in [9.17, 15) is 14.4 Å². The number of carbonyl (C=O) groups excluding carboxylic acids is 2. The maximum Gasteiger partial charge on any atom is 0.303 e. The van der Waals surface area contributed by atoms with E-state index in [1.165, 1.54) is 0 Å². The molecule has 1 aliphatic rings. The molecule has 1 aliphatic carbocycles. The molecule has 0 aliphatic heterocycles. The van der Waals surface area contributed by atoms with E-state index in [0.717, 1.165) is 12.8 Å². The van der Waals surface area contributed by atoms with Gasteiger partial charge in [-0.15, -0.1) is 0 Å². The summed E-state index contributed by atoms with van der Waals surface area (Å²) in [5.74, 6) is -1.01. The zero-order valence-corrected chi connectivity index (χ0v) is 10.6. The van der Waals surface area contributed by atoms with Crippen LogP contribution in [0.3, 0.4) is 0 Å². The van der Waals surface area contributed by atoms with Gasteiger partial charge in [-0.2, -0.15) is 0 Å². The normalized spacial score (nSPS) is 15.8. The van der Waals surface area contributed by atoms with Crippen LogP contribution in [0, 0.1) is 11.8 Å². The van der Waals surface area contributed by atoms with E-state index in [4.69, 9.17) is 5.11 Å². The van der Waals surface area contributed by atoms with E-state index in [-0.39, 0.29) is 36.5 Å². The van der Waals surface area contributed by atoms with Gasteiger partial charge in [-0.25, -0.2) is 0 Å². The highest BCUT2D eigenvalue weighted by atomic mass is 16.4. The van der Waals surface area contributed by atoms with Gasteiger partial charge >= 0.3 is 5.97 Å². The maximum atomic E-state index is 11.4. The molecule has 3 N–H and O–H groups in total. The fourth-order valence-electron chi connectivity index (χ4n) is 1.64. The van der Waals surface area contributed by atoms with Crippen LogP contribution in [-0.4, -0.2) is 36.0 Å². The molecule has 1 fully saturated rings. The minimum absolute atomic E-state index is 0.00810. The van der Waals surface area contributed by atoms with Crippen LogP contribution in [0.5, 0.6) is 0 Å². The lowest BCUT2D eigenvalue weighted by atomic mass is 10.0. The maximum absolute atomic E-state index is 11.4. The smallest absolute Gasteiger partial charge is 0.303 e. The van der Waals surface area contributed by atoms with Crippen molar-refractivity contribution < 1.29 is 19.5 Å². The molecule has 18 heavy (non-hydrogen) atoms. The molecule has 0 heterocycles. The first-order chi connectivity index (χ1) is 8.49. The molecule has 102 valence electrons. The van der Waals surface area contributed by atoms with Gasteiger partial charge in [0.2, 0.25) is 11.8 Å². The fraction of sp³-hybridized carbons (Fsp3) is 0.750. The number of carboxylic acids is 1. The third-order valence-electron chi connectivity index (χ3n) is 2.75. The van der Waals surface area contributed by atoms with Gasteiger partial charge in [0.1, 0.15) is 0 Å². The Bertz CT molecular complexity index is 326. The Kier molecular flexibility index (Phi) is 5.61. The highest BCUT2D eigenvalue weighted by molar-refractivity contribution is 5.81. The number of hydrogen-bond acceptors (Lipinski definition) is 3. The predicted octanol–water partition coefficient (Wildman–Crippen LogP) is 0.130. The Morgan fingerprint density at radius 2 is 1.78 bits per heavy atom. The van der Waals surface area contributed by atoms with Gasteiger partial charge < -0.3 is 15.7 Å². The second-order valence-corrected chi connectivity index (χ2v) is 4.82. The van der Waals surface area contributed by atoms with E-state index in [2.05, 4.69) is 10.6 Å².